The maximum absolute atomic E-state index is 15.1. The number of para-hydroxylation sites is 1. The van der Waals surface area contributed by atoms with Gasteiger partial charge in [-0.2, -0.15) is 0 Å². The van der Waals surface area contributed by atoms with Crippen molar-refractivity contribution in [3.8, 4) is 0 Å². The van der Waals surface area contributed by atoms with E-state index in [1.54, 1.807) is 6.07 Å². The zero-order valence-corrected chi connectivity index (χ0v) is 14.5. The van der Waals surface area contributed by atoms with Gasteiger partial charge in [0.25, 0.3) is 0 Å². The Balaban J connectivity index is 2.18. The molecule has 0 bridgehead atoms. The minimum absolute atomic E-state index is 0.148. The molecule has 0 fully saturated rings. The topological polar surface area (TPSA) is 8.29 Å². The van der Waals surface area contributed by atoms with Crippen molar-refractivity contribution in [2.75, 3.05) is 0 Å². The summed E-state index contributed by atoms with van der Waals surface area (Å²) in [5.41, 5.74) is 5.29. The monoisotopic (exact) mass is 339 g/mol. The normalized spacial score (nSPS) is 12.4. The fraction of sp³-hybridized carbons (Fsp3) is 0.0870. The first kappa shape index (κ1) is 14.0. The first-order valence-electron chi connectivity index (χ1n) is 8.81. The summed E-state index contributed by atoms with van der Waals surface area (Å²) in [5, 5.41) is 5.24. The fourth-order valence-electron chi connectivity index (χ4n) is 4.67. The van der Waals surface area contributed by atoms with E-state index >= 15 is 4.39 Å². The molecule has 6 rings (SSSR count). The quantitative estimate of drug-likeness (QED) is 0.203. The Kier molecular flexibility index (Phi) is 2.42. The highest BCUT2D eigenvalue weighted by atomic mass is 19.1. The van der Waals surface area contributed by atoms with Gasteiger partial charge in [-0.05, 0) is 36.1 Å². The molecule has 0 amide bonds. The molecule has 0 unspecified atom stereocenters. The van der Waals surface area contributed by atoms with Crippen molar-refractivity contribution < 1.29 is 8.96 Å². The lowest BCUT2D eigenvalue weighted by Crippen LogP contribution is -2.28. The second kappa shape index (κ2) is 4.50. The smallest absolute Gasteiger partial charge is 0.224 e. The molecule has 0 saturated carbocycles. The van der Waals surface area contributed by atoms with Gasteiger partial charge in [-0.15, -0.1) is 0 Å². The number of benzene rings is 3. The Bertz CT molecular complexity index is 1510. The molecular weight excluding hydrogens is 323 g/mol. The van der Waals surface area contributed by atoms with E-state index in [2.05, 4.69) is 52.5 Å². The Hall–Kier alpha value is -3.20. The summed E-state index contributed by atoms with van der Waals surface area (Å²) in [4.78, 5) is 0. The van der Waals surface area contributed by atoms with Crippen molar-refractivity contribution in [3.05, 3.63) is 72.2 Å². The summed E-state index contributed by atoms with van der Waals surface area (Å²) in [7, 11) is 2.07. The molecule has 0 spiro atoms. The lowest BCUT2D eigenvalue weighted by molar-refractivity contribution is -0.643. The van der Waals surface area contributed by atoms with Crippen LogP contribution < -0.4 is 4.57 Å². The molecular formula is C23H16FN2+. The molecule has 0 N–H and O–H groups in total. The second-order valence-electron chi connectivity index (χ2n) is 7.14. The first-order chi connectivity index (χ1) is 12.7. The van der Waals surface area contributed by atoms with Gasteiger partial charge in [-0.3, -0.25) is 0 Å². The molecule has 0 aliphatic heterocycles. The Labute approximate surface area is 149 Å². The van der Waals surface area contributed by atoms with E-state index in [1.807, 2.05) is 25.1 Å². The molecule has 0 aliphatic carbocycles. The number of rotatable bonds is 0. The summed E-state index contributed by atoms with van der Waals surface area (Å²) in [6, 6.07) is 18.3. The summed E-state index contributed by atoms with van der Waals surface area (Å²) in [5.74, 6) is -0.148. The first-order valence-corrected chi connectivity index (χ1v) is 8.81. The second-order valence-corrected chi connectivity index (χ2v) is 7.14. The van der Waals surface area contributed by atoms with Crippen molar-refractivity contribution in [1.29, 1.82) is 0 Å². The van der Waals surface area contributed by atoms with E-state index in [4.69, 9.17) is 0 Å². The third-order valence-electron chi connectivity index (χ3n) is 5.71. The molecule has 0 saturated heterocycles. The van der Waals surface area contributed by atoms with Gasteiger partial charge < -0.3 is 4.40 Å². The van der Waals surface area contributed by atoms with Crippen molar-refractivity contribution in [1.82, 2.24) is 4.40 Å². The molecule has 3 heteroatoms. The zero-order valence-electron chi connectivity index (χ0n) is 14.5. The van der Waals surface area contributed by atoms with Crippen LogP contribution in [-0.4, -0.2) is 4.40 Å². The van der Waals surface area contributed by atoms with E-state index in [1.165, 1.54) is 10.8 Å². The standard InChI is InChI=1S/C23H16FN2/c1-13-12-16(24)21-15-7-3-4-8-17(15)26-18-9-5-6-14-10-11-25(2)22(20(14)18)19(13)23(21)26/h3-12H,1-2H3/q+1. The number of aryl methyl sites for hydroxylation is 2. The highest BCUT2D eigenvalue weighted by molar-refractivity contribution is 6.25. The summed E-state index contributed by atoms with van der Waals surface area (Å²) < 4.78 is 19.5. The van der Waals surface area contributed by atoms with E-state index in [0.717, 1.165) is 38.4 Å². The van der Waals surface area contributed by atoms with Gasteiger partial charge in [-0.25, -0.2) is 8.96 Å². The Morgan fingerprint density at radius 2 is 1.69 bits per heavy atom. The summed E-state index contributed by atoms with van der Waals surface area (Å²) in [6.07, 6.45) is 2.09. The van der Waals surface area contributed by atoms with Crippen LogP contribution in [0.2, 0.25) is 0 Å². The average Bonchev–Trinajstić information content (AvgIpc) is 2.99. The van der Waals surface area contributed by atoms with Crippen LogP contribution in [-0.2, 0) is 7.05 Å². The van der Waals surface area contributed by atoms with Crippen molar-refractivity contribution in [2.45, 2.75) is 6.92 Å². The third kappa shape index (κ3) is 1.46. The van der Waals surface area contributed by atoms with Crippen molar-refractivity contribution in [3.63, 3.8) is 0 Å². The van der Waals surface area contributed by atoms with Gasteiger partial charge in [-0.1, -0.05) is 30.3 Å². The van der Waals surface area contributed by atoms with Gasteiger partial charge in [0.15, 0.2) is 6.20 Å². The minimum Gasteiger partial charge on any atom is -0.307 e. The van der Waals surface area contributed by atoms with Crippen LogP contribution in [0, 0.1) is 12.7 Å². The number of fused-ring (bicyclic) bond motifs is 5. The SMILES string of the molecule is Cc1cc(F)c2c3ccccc3n3c4cccc5cc[n+](C)c(c1c23)c54. The highest BCUT2D eigenvalue weighted by Crippen LogP contribution is 2.41. The van der Waals surface area contributed by atoms with Gasteiger partial charge in [0, 0.05) is 16.8 Å². The molecule has 0 radical (unpaired) electrons. The number of hydrogen-bond donors (Lipinski definition) is 0. The molecule has 0 aliphatic rings. The van der Waals surface area contributed by atoms with Gasteiger partial charge in [0.1, 0.15) is 12.9 Å². The van der Waals surface area contributed by atoms with Crippen molar-refractivity contribution >= 4 is 49.0 Å². The van der Waals surface area contributed by atoms with Crippen LogP contribution in [0.4, 0.5) is 4.39 Å². The van der Waals surface area contributed by atoms with E-state index in [-0.39, 0.29) is 5.82 Å². The van der Waals surface area contributed by atoms with E-state index < -0.39 is 0 Å². The molecule has 3 heterocycles. The van der Waals surface area contributed by atoms with Crippen LogP contribution in [0.15, 0.2) is 60.8 Å². The minimum atomic E-state index is -0.148. The van der Waals surface area contributed by atoms with E-state index in [0.29, 0.717) is 5.39 Å². The molecule has 3 aromatic heterocycles. The van der Waals surface area contributed by atoms with Gasteiger partial charge in [0.05, 0.1) is 27.3 Å². The van der Waals surface area contributed by atoms with Crippen LogP contribution in [0.25, 0.3) is 49.0 Å². The largest absolute Gasteiger partial charge is 0.307 e. The number of nitrogens with zero attached hydrogens (tertiary/aromatic N) is 2. The lowest BCUT2D eigenvalue weighted by Gasteiger charge is -2.12. The number of hydrogen-bond acceptors (Lipinski definition) is 0. The highest BCUT2D eigenvalue weighted by Gasteiger charge is 2.25. The molecule has 26 heavy (non-hydrogen) atoms. The molecule has 3 aromatic carbocycles. The lowest BCUT2D eigenvalue weighted by atomic mass is 9.99. The predicted octanol–water partition coefficient (Wildman–Crippen LogP) is 5.26. The van der Waals surface area contributed by atoms with Gasteiger partial charge in [0.2, 0.25) is 5.52 Å². The van der Waals surface area contributed by atoms with Crippen LogP contribution in [0.3, 0.4) is 0 Å². The van der Waals surface area contributed by atoms with E-state index in [9.17, 15) is 0 Å². The van der Waals surface area contributed by atoms with Gasteiger partial charge >= 0.3 is 0 Å². The number of aromatic nitrogens is 2. The maximum atomic E-state index is 15.1. The fourth-order valence-corrected chi connectivity index (χ4v) is 4.67. The zero-order chi connectivity index (χ0) is 17.6. The predicted molar refractivity (Wildman–Crippen MR) is 104 cm³/mol. The van der Waals surface area contributed by atoms with Crippen molar-refractivity contribution in [2.24, 2.45) is 7.05 Å². The molecule has 6 aromatic rings. The molecule has 0 atom stereocenters. The van der Waals surface area contributed by atoms with Crippen LogP contribution in [0.1, 0.15) is 5.56 Å². The number of pyridine rings is 2. The Morgan fingerprint density at radius 3 is 2.58 bits per heavy atom. The van der Waals surface area contributed by atoms with Crippen LogP contribution in [0.5, 0.6) is 0 Å². The maximum Gasteiger partial charge on any atom is 0.224 e. The molecule has 124 valence electrons. The summed E-state index contributed by atoms with van der Waals surface area (Å²) in [6.45, 7) is 2.01. The Morgan fingerprint density at radius 1 is 0.885 bits per heavy atom. The molecule has 2 nitrogen and oxygen atoms in total. The van der Waals surface area contributed by atoms with Crippen LogP contribution >= 0.6 is 0 Å². The number of halogens is 1. The third-order valence-corrected chi connectivity index (χ3v) is 5.71. The average molecular weight is 339 g/mol. The summed E-state index contributed by atoms with van der Waals surface area (Å²) >= 11 is 0.